The number of aromatic nitrogens is 2. The first-order valence-electron chi connectivity index (χ1n) is 8.19. The molecule has 0 radical (unpaired) electrons. The van der Waals surface area contributed by atoms with Crippen LogP contribution in [0.5, 0.6) is 6.01 Å². The lowest BCUT2D eigenvalue weighted by Gasteiger charge is -2.23. The van der Waals surface area contributed by atoms with E-state index in [0.717, 1.165) is 0 Å². The molecule has 1 fully saturated rings. The van der Waals surface area contributed by atoms with Crippen molar-refractivity contribution in [2.45, 2.75) is 18.6 Å². The fraction of sp³-hybridized carbons (Fsp3) is 0.375. The molecule has 2 aromatic rings. The van der Waals surface area contributed by atoms with Crippen LogP contribution in [0.3, 0.4) is 0 Å². The van der Waals surface area contributed by atoms with E-state index in [1.54, 1.807) is 12.1 Å². The van der Waals surface area contributed by atoms with E-state index in [1.165, 1.54) is 21.7 Å². The highest BCUT2D eigenvalue weighted by Crippen LogP contribution is 2.32. The molecule has 1 saturated heterocycles. The third-order valence-corrected chi connectivity index (χ3v) is 4.56. The smallest absolute Gasteiger partial charge is 0.414 e. The summed E-state index contributed by atoms with van der Waals surface area (Å²) >= 11 is 0. The fourth-order valence-electron chi connectivity index (χ4n) is 3.22. The predicted molar refractivity (Wildman–Crippen MR) is 88.2 cm³/mol. The van der Waals surface area contributed by atoms with Crippen molar-refractivity contribution in [1.29, 1.82) is 0 Å². The van der Waals surface area contributed by atoms with E-state index >= 15 is 0 Å². The van der Waals surface area contributed by atoms with Crippen molar-refractivity contribution in [3.63, 3.8) is 0 Å². The molecule has 142 valence electrons. The second-order valence-corrected chi connectivity index (χ2v) is 6.30. The van der Waals surface area contributed by atoms with Gasteiger partial charge in [-0.2, -0.15) is 0 Å². The molecule has 0 spiro atoms. The van der Waals surface area contributed by atoms with Gasteiger partial charge in [0.25, 0.3) is 0 Å². The number of halogens is 1. The summed E-state index contributed by atoms with van der Waals surface area (Å²) < 4.78 is 26.5. The largest absolute Gasteiger partial charge is 0.445 e. The van der Waals surface area contributed by atoms with Crippen LogP contribution in [-0.4, -0.2) is 51.5 Å². The molecule has 1 unspecified atom stereocenters. The van der Waals surface area contributed by atoms with Gasteiger partial charge in [-0.25, -0.2) is 9.18 Å². The summed E-state index contributed by atoms with van der Waals surface area (Å²) in [7, 11) is 0. The summed E-state index contributed by atoms with van der Waals surface area (Å²) in [6, 6.07) is 4.49. The Balaban J connectivity index is 1.55. The maximum absolute atomic E-state index is 14.7. The Labute approximate surface area is 151 Å². The monoisotopic (exact) mass is 378 g/mol. The Hall–Kier alpha value is -3.21. The van der Waals surface area contributed by atoms with Gasteiger partial charge < -0.3 is 24.7 Å². The third kappa shape index (κ3) is 3.05. The first-order chi connectivity index (χ1) is 13.0. The summed E-state index contributed by atoms with van der Waals surface area (Å²) in [6.07, 6.45) is -0.0248. The molecule has 2 atom stereocenters. The van der Waals surface area contributed by atoms with Gasteiger partial charge in [0.15, 0.2) is 0 Å². The van der Waals surface area contributed by atoms with Crippen molar-refractivity contribution in [1.82, 2.24) is 9.55 Å². The Bertz CT molecular complexity index is 916. The van der Waals surface area contributed by atoms with E-state index in [1.807, 2.05) is 0 Å². The minimum absolute atomic E-state index is 0.128. The summed E-state index contributed by atoms with van der Waals surface area (Å²) in [6.45, 7) is 0.248. The van der Waals surface area contributed by atoms with Gasteiger partial charge in [0.05, 0.1) is 18.8 Å². The third-order valence-electron chi connectivity index (χ3n) is 4.56. The van der Waals surface area contributed by atoms with Crippen LogP contribution in [0.2, 0.25) is 0 Å². The van der Waals surface area contributed by atoms with Gasteiger partial charge >= 0.3 is 17.9 Å². The highest BCUT2D eigenvalue weighted by Gasteiger charge is 2.33. The number of nitrogens with zero attached hydrogens (tertiary/aromatic N) is 4. The number of cyclic esters (lactones) is 1. The molecule has 0 bridgehead atoms. The van der Waals surface area contributed by atoms with Crippen LogP contribution in [0.4, 0.5) is 20.7 Å². The number of aliphatic hydroxyl groups excluding tert-OH is 1. The zero-order valence-electron chi connectivity index (χ0n) is 13.9. The van der Waals surface area contributed by atoms with Crippen LogP contribution in [0.25, 0.3) is 0 Å². The van der Waals surface area contributed by atoms with E-state index in [2.05, 4.69) is 4.98 Å². The maximum Gasteiger partial charge on any atom is 0.414 e. The second-order valence-electron chi connectivity index (χ2n) is 6.30. The van der Waals surface area contributed by atoms with E-state index in [0.29, 0.717) is 11.3 Å². The first kappa shape index (κ1) is 17.2. The average molecular weight is 378 g/mol. The molecule has 10 nitrogen and oxygen atoms in total. The number of hydrogen-bond acceptors (Lipinski definition) is 7. The Morgan fingerprint density at radius 1 is 1.41 bits per heavy atom. The molecule has 1 amide bonds. The SMILES string of the molecule is O=C1O[C@@H](CO)CN1c1ccc(C2COc3nc([N+](=O)[O-])cn3C2)c(F)c1. The zero-order chi connectivity index (χ0) is 19.1. The summed E-state index contributed by atoms with van der Waals surface area (Å²) in [5, 5.41) is 19.9. The lowest BCUT2D eigenvalue weighted by atomic mass is 9.98. The van der Waals surface area contributed by atoms with Crippen LogP contribution >= 0.6 is 0 Å². The lowest BCUT2D eigenvalue weighted by molar-refractivity contribution is -0.389. The van der Waals surface area contributed by atoms with Crippen LogP contribution in [0.1, 0.15) is 11.5 Å². The molecule has 27 heavy (non-hydrogen) atoms. The van der Waals surface area contributed by atoms with Crippen molar-refractivity contribution >= 4 is 17.6 Å². The Morgan fingerprint density at radius 2 is 2.22 bits per heavy atom. The van der Waals surface area contributed by atoms with Gasteiger partial charge in [-0.3, -0.25) is 9.47 Å². The molecule has 2 aliphatic rings. The number of anilines is 1. The van der Waals surface area contributed by atoms with Gasteiger partial charge in [-0.1, -0.05) is 6.07 Å². The molecule has 2 aliphatic heterocycles. The molecule has 1 aromatic heterocycles. The highest BCUT2D eigenvalue weighted by molar-refractivity contribution is 5.89. The van der Waals surface area contributed by atoms with Gasteiger partial charge in [0.1, 0.15) is 24.7 Å². The van der Waals surface area contributed by atoms with Crippen LogP contribution in [0.15, 0.2) is 24.4 Å². The standard InChI is InChI=1S/C16H15FN4O6/c17-13-3-10(20-5-11(7-22)27-16(20)23)1-2-12(13)9-4-19-6-14(21(24)25)18-15(19)26-8-9/h1-3,6,9,11,22H,4-5,7-8H2/t9?,11-/m1/s1. The Morgan fingerprint density at radius 3 is 2.89 bits per heavy atom. The molecule has 3 heterocycles. The normalized spacial score (nSPS) is 21.6. The zero-order valence-corrected chi connectivity index (χ0v) is 13.9. The number of benzene rings is 1. The van der Waals surface area contributed by atoms with Gasteiger partial charge in [0, 0.05) is 17.4 Å². The number of carbonyl (C=O) groups excluding carboxylic acids is 1. The number of rotatable bonds is 4. The quantitative estimate of drug-likeness (QED) is 0.631. The van der Waals surface area contributed by atoms with Crippen molar-refractivity contribution < 1.29 is 28.7 Å². The summed E-state index contributed by atoms with van der Waals surface area (Å²) in [5.41, 5.74) is 0.694. The molecular weight excluding hydrogens is 363 g/mol. The number of fused-ring (bicyclic) bond motifs is 1. The van der Waals surface area contributed by atoms with Crippen LogP contribution in [-0.2, 0) is 11.3 Å². The minimum Gasteiger partial charge on any atom is -0.445 e. The molecule has 0 saturated carbocycles. The topological polar surface area (TPSA) is 120 Å². The van der Waals surface area contributed by atoms with E-state index < -0.39 is 22.9 Å². The lowest BCUT2D eigenvalue weighted by Crippen LogP contribution is -2.26. The minimum atomic E-state index is -0.641. The van der Waals surface area contributed by atoms with Gasteiger partial charge in [-0.15, -0.1) is 0 Å². The molecule has 1 N–H and O–H groups in total. The fourth-order valence-corrected chi connectivity index (χ4v) is 3.22. The van der Waals surface area contributed by atoms with Crippen molar-refractivity contribution in [2.24, 2.45) is 0 Å². The molecular formula is C16H15FN4O6. The van der Waals surface area contributed by atoms with E-state index in [9.17, 15) is 19.3 Å². The molecule has 0 aliphatic carbocycles. The highest BCUT2D eigenvalue weighted by atomic mass is 19.1. The maximum atomic E-state index is 14.7. The predicted octanol–water partition coefficient (Wildman–Crippen LogP) is 1.42. The first-order valence-corrected chi connectivity index (χ1v) is 8.19. The van der Waals surface area contributed by atoms with E-state index in [-0.39, 0.29) is 44.0 Å². The van der Waals surface area contributed by atoms with Crippen molar-refractivity contribution in [3.05, 3.63) is 45.9 Å². The van der Waals surface area contributed by atoms with E-state index in [4.69, 9.17) is 14.6 Å². The van der Waals surface area contributed by atoms with Gasteiger partial charge in [-0.05, 0) is 22.6 Å². The summed E-state index contributed by atoms with van der Waals surface area (Å²) in [4.78, 5) is 27.0. The molecule has 4 rings (SSSR count). The van der Waals surface area contributed by atoms with Crippen molar-refractivity contribution in [3.8, 4) is 6.01 Å². The number of ether oxygens (including phenoxy) is 2. The summed E-state index contributed by atoms with van der Waals surface area (Å²) in [5.74, 6) is -1.22. The second kappa shape index (κ2) is 6.50. The molecule has 1 aromatic carbocycles. The van der Waals surface area contributed by atoms with Crippen LogP contribution in [0, 0.1) is 15.9 Å². The number of nitro groups is 1. The Kier molecular flexibility index (Phi) is 4.15. The molecule has 11 heteroatoms. The van der Waals surface area contributed by atoms with Crippen molar-refractivity contribution in [2.75, 3.05) is 24.7 Å². The number of amides is 1. The number of aliphatic hydroxyl groups is 1. The number of imidazole rings is 1. The van der Waals surface area contributed by atoms with Crippen LogP contribution < -0.4 is 9.64 Å². The van der Waals surface area contributed by atoms with Gasteiger partial charge in [0.2, 0.25) is 0 Å². The number of hydrogen-bond donors (Lipinski definition) is 1. The average Bonchev–Trinajstić information content (AvgIpc) is 3.24. The number of carbonyl (C=O) groups is 1.